The van der Waals surface area contributed by atoms with Crippen LogP contribution in [0.25, 0.3) is 17.0 Å². The van der Waals surface area contributed by atoms with Crippen LogP contribution in [0.15, 0.2) is 24.3 Å². The molecule has 19 heavy (non-hydrogen) atoms. The summed E-state index contributed by atoms with van der Waals surface area (Å²) in [5.41, 5.74) is 6.37. The maximum absolute atomic E-state index is 10.7. The molecule has 0 radical (unpaired) electrons. The maximum Gasteiger partial charge on any atom is 0.241 e. The second-order valence-electron chi connectivity index (χ2n) is 4.00. The highest BCUT2D eigenvalue weighted by Gasteiger charge is 2.15. The smallest absolute Gasteiger partial charge is 0.241 e. The first-order valence-corrected chi connectivity index (χ1v) is 5.89. The molecule has 96 valence electrons. The van der Waals surface area contributed by atoms with Crippen molar-refractivity contribution in [1.82, 2.24) is 4.98 Å². The average molecular weight is 277 g/mol. The van der Waals surface area contributed by atoms with Crippen molar-refractivity contribution >= 4 is 34.5 Å². The first kappa shape index (κ1) is 11.8. The van der Waals surface area contributed by atoms with Crippen LogP contribution in [0.1, 0.15) is 5.56 Å². The summed E-state index contributed by atoms with van der Waals surface area (Å²) in [6.45, 7) is 0.202. The molecule has 3 rings (SSSR count). The maximum atomic E-state index is 10.7. The van der Waals surface area contributed by atoms with Gasteiger partial charge >= 0.3 is 0 Å². The molecule has 0 fully saturated rings. The van der Waals surface area contributed by atoms with E-state index in [0.717, 1.165) is 5.39 Å². The van der Waals surface area contributed by atoms with Gasteiger partial charge in [-0.15, -0.1) is 0 Å². The van der Waals surface area contributed by atoms with Gasteiger partial charge in [-0.05, 0) is 18.2 Å². The van der Waals surface area contributed by atoms with Crippen LogP contribution in [0.4, 0.5) is 0 Å². The van der Waals surface area contributed by atoms with Crippen LogP contribution in [-0.4, -0.2) is 17.7 Å². The number of benzene rings is 1. The Kier molecular flexibility index (Phi) is 2.76. The number of primary amides is 1. The Labute approximate surface area is 113 Å². The Morgan fingerprint density at radius 2 is 2.05 bits per heavy atom. The Bertz CT molecular complexity index is 713. The minimum atomic E-state index is -0.540. The van der Waals surface area contributed by atoms with E-state index in [9.17, 15) is 4.79 Å². The van der Waals surface area contributed by atoms with Crippen molar-refractivity contribution in [3.8, 4) is 11.5 Å². The number of pyridine rings is 1. The quantitative estimate of drug-likeness (QED) is 0.673. The topological polar surface area (TPSA) is 74.4 Å². The minimum absolute atomic E-state index is 0.202. The summed E-state index contributed by atoms with van der Waals surface area (Å²) in [7, 11) is 0. The van der Waals surface area contributed by atoms with Gasteiger partial charge in [-0.3, -0.25) is 4.79 Å². The van der Waals surface area contributed by atoms with Crippen molar-refractivity contribution in [1.29, 1.82) is 0 Å². The van der Waals surface area contributed by atoms with E-state index in [1.807, 2.05) is 12.1 Å². The molecule has 1 aliphatic rings. The van der Waals surface area contributed by atoms with Crippen molar-refractivity contribution < 1.29 is 14.3 Å². The van der Waals surface area contributed by atoms with Gasteiger partial charge in [0.15, 0.2) is 11.5 Å². The van der Waals surface area contributed by atoms with E-state index in [2.05, 4.69) is 4.98 Å². The molecular weight excluding hydrogens is 268 g/mol. The molecule has 0 saturated carbocycles. The summed E-state index contributed by atoms with van der Waals surface area (Å²) in [6, 6.07) is 5.40. The van der Waals surface area contributed by atoms with E-state index in [-0.39, 0.29) is 6.79 Å². The number of aromatic nitrogens is 1. The molecule has 5 nitrogen and oxygen atoms in total. The monoisotopic (exact) mass is 276 g/mol. The van der Waals surface area contributed by atoms with E-state index < -0.39 is 5.91 Å². The Balaban J connectivity index is 2.14. The van der Waals surface area contributed by atoms with Crippen molar-refractivity contribution in [3.63, 3.8) is 0 Å². The molecular formula is C13H9ClN2O3. The van der Waals surface area contributed by atoms with Gasteiger partial charge in [0.05, 0.1) is 5.52 Å². The molecule has 1 aromatic carbocycles. The number of ether oxygens (including phenoxy) is 2. The van der Waals surface area contributed by atoms with Gasteiger partial charge in [0, 0.05) is 23.1 Å². The Morgan fingerprint density at radius 3 is 2.79 bits per heavy atom. The van der Waals surface area contributed by atoms with Crippen LogP contribution in [0.5, 0.6) is 11.5 Å². The first-order chi connectivity index (χ1) is 9.13. The van der Waals surface area contributed by atoms with Gasteiger partial charge in [-0.25, -0.2) is 4.98 Å². The normalized spacial score (nSPS) is 13.3. The van der Waals surface area contributed by atoms with E-state index in [1.54, 1.807) is 6.07 Å². The van der Waals surface area contributed by atoms with Gasteiger partial charge in [0.25, 0.3) is 0 Å². The second kappa shape index (κ2) is 4.44. The van der Waals surface area contributed by atoms with E-state index in [1.165, 1.54) is 12.2 Å². The first-order valence-electron chi connectivity index (χ1n) is 5.51. The lowest BCUT2D eigenvalue weighted by Crippen LogP contribution is -2.05. The number of carbonyl (C=O) groups excluding carboxylic acids is 1. The minimum Gasteiger partial charge on any atom is -0.454 e. The molecule has 0 saturated heterocycles. The lowest BCUT2D eigenvalue weighted by atomic mass is 10.1. The van der Waals surface area contributed by atoms with Gasteiger partial charge in [-0.2, -0.15) is 0 Å². The van der Waals surface area contributed by atoms with Crippen LogP contribution in [0.3, 0.4) is 0 Å². The summed E-state index contributed by atoms with van der Waals surface area (Å²) in [5.74, 6) is 0.778. The molecule has 0 bridgehead atoms. The summed E-state index contributed by atoms with van der Waals surface area (Å²) in [5, 5.41) is 1.14. The number of halogens is 1. The highest BCUT2D eigenvalue weighted by atomic mass is 35.5. The molecule has 0 atom stereocenters. The molecule has 1 aromatic heterocycles. The fourth-order valence-electron chi connectivity index (χ4n) is 1.85. The number of hydrogen-bond donors (Lipinski definition) is 1. The number of hydrogen-bond acceptors (Lipinski definition) is 4. The fraction of sp³-hybridized carbons (Fsp3) is 0.0769. The Morgan fingerprint density at radius 1 is 1.32 bits per heavy atom. The highest BCUT2D eigenvalue weighted by Crippen LogP contribution is 2.36. The fourth-order valence-corrected chi connectivity index (χ4v) is 2.05. The molecule has 1 amide bonds. The zero-order valence-electron chi connectivity index (χ0n) is 9.72. The summed E-state index contributed by atoms with van der Waals surface area (Å²) >= 11 is 6.05. The number of nitrogens with zero attached hydrogens (tertiary/aromatic N) is 1. The molecule has 2 heterocycles. The number of amides is 1. The van der Waals surface area contributed by atoms with Crippen LogP contribution in [0.2, 0.25) is 5.15 Å². The molecule has 0 aliphatic carbocycles. The number of fused-ring (bicyclic) bond motifs is 2. The summed E-state index contributed by atoms with van der Waals surface area (Å²) in [6.07, 6.45) is 2.77. The molecule has 2 N–H and O–H groups in total. The van der Waals surface area contributed by atoms with Crippen LogP contribution >= 0.6 is 11.6 Å². The average Bonchev–Trinajstić information content (AvgIpc) is 2.80. The van der Waals surface area contributed by atoms with Gasteiger partial charge in [0.1, 0.15) is 5.15 Å². The predicted octanol–water partition coefficient (Wildman–Crippen LogP) is 2.12. The van der Waals surface area contributed by atoms with Crippen LogP contribution in [0, 0.1) is 0 Å². The van der Waals surface area contributed by atoms with Crippen molar-refractivity contribution in [3.05, 3.63) is 35.0 Å². The molecule has 2 aromatic rings. The third-order valence-electron chi connectivity index (χ3n) is 2.72. The third-order valence-corrected chi connectivity index (χ3v) is 3.02. The highest BCUT2D eigenvalue weighted by molar-refractivity contribution is 6.31. The lowest BCUT2D eigenvalue weighted by molar-refractivity contribution is -0.113. The molecule has 1 aliphatic heterocycles. The SMILES string of the molecule is NC(=O)/C=C/c1cc2cc3c(cc2nc1Cl)OCO3. The van der Waals surface area contributed by atoms with Gasteiger partial charge in [0.2, 0.25) is 12.7 Å². The summed E-state index contributed by atoms with van der Waals surface area (Å²) in [4.78, 5) is 15.0. The van der Waals surface area contributed by atoms with Crippen molar-refractivity contribution in [2.24, 2.45) is 5.73 Å². The number of rotatable bonds is 2. The van der Waals surface area contributed by atoms with E-state index in [4.69, 9.17) is 26.8 Å². The molecule has 0 spiro atoms. The number of nitrogens with two attached hydrogens (primary N) is 1. The van der Waals surface area contributed by atoms with Crippen molar-refractivity contribution in [2.45, 2.75) is 0 Å². The van der Waals surface area contributed by atoms with Gasteiger partial charge in [-0.1, -0.05) is 11.6 Å². The third kappa shape index (κ3) is 2.20. The zero-order chi connectivity index (χ0) is 13.4. The van der Waals surface area contributed by atoms with Gasteiger partial charge < -0.3 is 15.2 Å². The lowest BCUT2D eigenvalue weighted by Gasteiger charge is -2.03. The van der Waals surface area contributed by atoms with Crippen molar-refractivity contribution in [2.75, 3.05) is 6.79 Å². The van der Waals surface area contributed by atoms with Crippen LogP contribution < -0.4 is 15.2 Å². The van der Waals surface area contributed by atoms with E-state index in [0.29, 0.717) is 27.7 Å². The van der Waals surface area contributed by atoms with E-state index >= 15 is 0 Å². The zero-order valence-corrected chi connectivity index (χ0v) is 10.5. The second-order valence-corrected chi connectivity index (χ2v) is 4.36. The number of carbonyl (C=O) groups is 1. The standard InChI is InChI=1S/C13H9ClN2O3/c14-13-7(1-2-12(15)17)3-8-4-10-11(19-6-18-10)5-9(8)16-13/h1-5H,6H2,(H2,15,17)/b2-1+. The van der Waals surface area contributed by atoms with Crippen LogP contribution in [-0.2, 0) is 4.79 Å². The largest absolute Gasteiger partial charge is 0.454 e. The summed E-state index contributed by atoms with van der Waals surface area (Å²) < 4.78 is 10.6. The predicted molar refractivity (Wildman–Crippen MR) is 71.1 cm³/mol. The molecule has 6 heteroatoms. The Hall–Kier alpha value is -2.27. The molecule has 0 unspecified atom stereocenters.